The minimum atomic E-state index is 0.433. The zero-order valence-electron chi connectivity index (χ0n) is 9.20. The molecule has 82 valence electrons. The van der Waals surface area contributed by atoms with E-state index in [1.165, 1.54) is 5.56 Å². The molecular weight excluding hydrogens is 222 g/mol. The van der Waals surface area contributed by atoms with Crippen LogP contribution in [-0.4, -0.2) is 4.98 Å². The van der Waals surface area contributed by atoms with Crippen molar-refractivity contribution in [3.05, 3.63) is 52.8 Å². The van der Waals surface area contributed by atoms with Crippen molar-refractivity contribution in [2.75, 3.05) is 0 Å². The number of halogens is 1. The third kappa shape index (κ3) is 2.52. The monoisotopic (exact) mass is 233 g/mol. The molecule has 3 heteroatoms. The summed E-state index contributed by atoms with van der Waals surface area (Å²) in [6.07, 6.45) is 1.63. The van der Waals surface area contributed by atoms with E-state index in [2.05, 4.69) is 11.1 Å². The molecule has 1 heterocycles. The number of pyridine rings is 1. The van der Waals surface area contributed by atoms with Gasteiger partial charge in [0.05, 0.1) is 0 Å². The summed E-state index contributed by atoms with van der Waals surface area (Å²) in [7, 11) is 0. The van der Waals surface area contributed by atoms with Gasteiger partial charge in [0.25, 0.3) is 0 Å². The molecule has 0 N–H and O–H groups in total. The topological polar surface area (TPSA) is 22.1 Å². The maximum Gasteiger partial charge on any atom is 0.132 e. The largest absolute Gasteiger partial charge is 0.457 e. The molecule has 16 heavy (non-hydrogen) atoms. The molecule has 1 aromatic carbocycles. The fourth-order valence-corrected chi connectivity index (χ4v) is 1.56. The van der Waals surface area contributed by atoms with Crippen molar-refractivity contribution in [3.63, 3.8) is 0 Å². The lowest BCUT2D eigenvalue weighted by molar-refractivity contribution is 0.478. The maximum atomic E-state index is 5.79. The Morgan fingerprint density at radius 2 is 1.94 bits per heavy atom. The number of benzene rings is 1. The van der Waals surface area contributed by atoms with Gasteiger partial charge in [-0.15, -0.1) is 0 Å². The highest BCUT2D eigenvalue weighted by molar-refractivity contribution is 6.29. The molecule has 0 saturated heterocycles. The van der Waals surface area contributed by atoms with Gasteiger partial charge in [0.1, 0.15) is 16.7 Å². The molecule has 0 fully saturated rings. The van der Waals surface area contributed by atoms with Gasteiger partial charge in [-0.3, -0.25) is 0 Å². The summed E-state index contributed by atoms with van der Waals surface area (Å²) < 4.78 is 5.75. The van der Waals surface area contributed by atoms with Gasteiger partial charge in [-0.05, 0) is 37.1 Å². The summed E-state index contributed by atoms with van der Waals surface area (Å²) in [6, 6.07) is 9.58. The van der Waals surface area contributed by atoms with Crippen LogP contribution in [0.15, 0.2) is 36.5 Å². The fraction of sp³-hybridized carbons (Fsp3) is 0.154. The molecule has 2 rings (SSSR count). The molecule has 0 aliphatic heterocycles. The molecular formula is C13H12ClNO. The molecule has 0 radical (unpaired) electrons. The lowest BCUT2D eigenvalue weighted by Crippen LogP contribution is -1.89. The summed E-state index contributed by atoms with van der Waals surface area (Å²) in [5.74, 6) is 1.55. The normalized spacial score (nSPS) is 10.2. The Hall–Kier alpha value is -1.54. The van der Waals surface area contributed by atoms with Gasteiger partial charge in [0.2, 0.25) is 0 Å². The fourth-order valence-electron chi connectivity index (χ4n) is 1.39. The Labute approximate surface area is 99.9 Å². The molecule has 1 aromatic heterocycles. The van der Waals surface area contributed by atoms with Crippen LogP contribution in [0.2, 0.25) is 5.15 Å². The number of aryl methyl sites for hydroxylation is 2. The Morgan fingerprint density at radius 3 is 2.69 bits per heavy atom. The minimum Gasteiger partial charge on any atom is -0.457 e. The number of hydrogen-bond acceptors (Lipinski definition) is 2. The lowest BCUT2D eigenvalue weighted by atomic mass is 10.1. The summed E-state index contributed by atoms with van der Waals surface area (Å²) in [5, 5.41) is 0.433. The van der Waals surface area contributed by atoms with Crippen LogP contribution in [0.5, 0.6) is 11.5 Å². The first kappa shape index (κ1) is 11.0. The summed E-state index contributed by atoms with van der Waals surface area (Å²) in [4.78, 5) is 3.91. The molecule has 0 saturated carbocycles. The average molecular weight is 234 g/mol. The second-order valence-corrected chi connectivity index (χ2v) is 4.07. The van der Waals surface area contributed by atoms with Crippen molar-refractivity contribution >= 4 is 11.6 Å². The van der Waals surface area contributed by atoms with E-state index < -0.39 is 0 Å². The Morgan fingerprint density at radius 1 is 1.12 bits per heavy atom. The number of ether oxygens (including phenoxy) is 1. The number of hydrogen-bond donors (Lipinski definition) is 0. The van der Waals surface area contributed by atoms with Crippen LogP contribution < -0.4 is 4.74 Å². The van der Waals surface area contributed by atoms with Crippen LogP contribution >= 0.6 is 11.6 Å². The highest BCUT2D eigenvalue weighted by atomic mass is 35.5. The van der Waals surface area contributed by atoms with E-state index >= 15 is 0 Å². The Balaban J connectivity index is 2.30. The van der Waals surface area contributed by atoms with E-state index in [0.717, 1.165) is 11.3 Å². The Bertz CT molecular complexity index is 511. The van der Waals surface area contributed by atoms with Crippen LogP contribution in [0.4, 0.5) is 0 Å². The SMILES string of the molecule is Cc1ccc(C)c(Oc2ccnc(Cl)c2)c1. The summed E-state index contributed by atoms with van der Waals surface area (Å²) in [5.41, 5.74) is 2.26. The molecule has 0 aliphatic carbocycles. The molecule has 0 bridgehead atoms. The van der Waals surface area contributed by atoms with Gasteiger partial charge in [-0.1, -0.05) is 23.7 Å². The molecule has 0 spiro atoms. The van der Waals surface area contributed by atoms with Crippen molar-refractivity contribution in [1.29, 1.82) is 0 Å². The van der Waals surface area contributed by atoms with Gasteiger partial charge in [-0.2, -0.15) is 0 Å². The first-order valence-electron chi connectivity index (χ1n) is 5.02. The molecule has 0 amide bonds. The van der Waals surface area contributed by atoms with Crippen molar-refractivity contribution < 1.29 is 4.74 Å². The summed E-state index contributed by atoms with van der Waals surface area (Å²) >= 11 is 5.79. The minimum absolute atomic E-state index is 0.433. The van der Waals surface area contributed by atoms with Gasteiger partial charge in [0.15, 0.2) is 0 Å². The van der Waals surface area contributed by atoms with E-state index in [-0.39, 0.29) is 0 Å². The van der Waals surface area contributed by atoms with Crippen LogP contribution in [0.3, 0.4) is 0 Å². The van der Waals surface area contributed by atoms with E-state index in [1.807, 2.05) is 26.0 Å². The van der Waals surface area contributed by atoms with Gasteiger partial charge in [0, 0.05) is 12.3 Å². The second-order valence-electron chi connectivity index (χ2n) is 3.69. The van der Waals surface area contributed by atoms with Crippen molar-refractivity contribution in [3.8, 4) is 11.5 Å². The van der Waals surface area contributed by atoms with Crippen molar-refractivity contribution in [1.82, 2.24) is 4.98 Å². The van der Waals surface area contributed by atoms with Crippen LogP contribution in [0.1, 0.15) is 11.1 Å². The van der Waals surface area contributed by atoms with Gasteiger partial charge in [-0.25, -0.2) is 4.98 Å². The highest BCUT2D eigenvalue weighted by Crippen LogP contribution is 2.26. The zero-order valence-corrected chi connectivity index (χ0v) is 9.95. The van der Waals surface area contributed by atoms with Crippen LogP contribution in [0, 0.1) is 13.8 Å². The van der Waals surface area contributed by atoms with Crippen LogP contribution in [-0.2, 0) is 0 Å². The molecule has 0 aliphatic rings. The standard InChI is InChI=1S/C13H12ClNO/c1-9-3-4-10(2)12(7-9)16-11-5-6-15-13(14)8-11/h3-8H,1-2H3. The quantitative estimate of drug-likeness (QED) is 0.728. The third-order valence-corrected chi connectivity index (χ3v) is 2.48. The van der Waals surface area contributed by atoms with Gasteiger partial charge < -0.3 is 4.74 Å². The third-order valence-electron chi connectivity index (χ3n) is 2.27. The molecule has 2 aromatic rings. The molecule has 0 atom stereocenters. The number of nitrogens with zero attached hydrogens (tertiary/aromatic N) is 1. The lowest BCUT2D eigenvalue weighted by Gasteiger charge is -2.09. The first-order chi connectivity index (χ1) is 7.65. The van der Waals surface area contributed by atoms with Crippen molar-refractivity contribution in [2.24, 2.45) is 0 Å². The van der Waals surface area contributed by atoms with E-state index in [1.54, 1.807) is 18.3 Å². The maximum absolute atomic E-state index is 5.79. The smallest absolute Gasteiger partial charge is 0.132 e. The highest BCUT2D eigenvalue weighted by Gasteiger charge is 2.02. The van der Waals surface area contributed by atoms with E-state index in [0.29, 0.717) is 10.9 Å². The number of aromatic nitrogens is 1. The number of rotatable bonds is 2. The predicted octanol–water partition coefficient (Wildman–Crippen LogP) is 4.14. The van der Waals surface area contributed by atoms with E-state index in [9.17, 15) is 0 Å². The molecule has 0 unspecified atom stereocenters. The molecule has 2 nitrogen and oxygen atoms in total. The Kier molecular flexibility index (Phi) is 3.11. The van der Waals surface area contributed by atoms with Crippen LogP contribution in [0.25, 0.3) is 0 Å². The average Bonchev–Trinajstić information content (AvgIpc) is 2.24. The summed E-state index contributed by atoms with van der Waals surface area (Å²) in [6.45, 7) is 4.05. The predicted molar refractivity (Wildman–Crippen MR) is 65.2 cm³/mol. The second kappa shape index (κ2) is 4.54. The van der Waals surface area contributed by atoms with E-state index in [4.69, 9.17) is 16.3 Å². The first-order valence-corrected chi connectivity index (χ1v) is 5.39. The van der Waals surface area contributed by atoms with Crippen molar-refractivity contribution in [2.45, 2.75) is 13.8 Å². The van der Waals surface area contributed by atoms with Gasteiger partial charge >= 0.3 is 0 Å². The zero-order chi connectivity index (χ0) is 11.5.